The zero-order chi connectivity index (χ0) is 15.0. The van der Waals surface area contributed by atoms with E-state index in [-0.39, 0.29) is 0 Å². The van der Waals surface area contributed by atoms with Crippen molar-refractivity contribution in [3.05, 3.63) is 39.6 Å². The SMILES string of the molecule is CNc1nc(C2CC2)nc(Nc2cc(C)cc(Br)c2)c1C. The van der Waals surface area contributed by atoms with Crippen LogP contribution in [0.1, 0.15) is 35.7 Å². The van der Waals surface area contributed by atoms with Crippen LogP contribution in [-0.4, -0.2) is 17.0 Å². The Balaban J connectivity index is 1.98. The van der Waals surface area contributed by atoms with Crippen LogP contribution in [-0.2, 0) is 0 Å². The maximum atomic E-state index is 4.72. The molecule has 1 aromatic heterocycles. The number of hydrogen-bond donors (Lipinski definition) is 2. The van der Waals surface area contributed by atoms with Gasteiger partial charge in [0.1, 0.15) is 17.5 Å². The van der Waals surface area contributed by atoms with E-state index in [0.29, 0.717) is 5.92 Å². The molecular weight excluding hydrogens is 328 g/mol. The van der Waals surface area contributed by atoms with Crippen molar-refractivity contribution in [3.63, 3.8) is 0 Å². The first-order valence-corrected chi connectivity index (χ1v) is 7.96. The topological polar surface area (TPSA) is 49.8 Å². The summed E-state index contributed by atoms with van der Waals surface area (Å²) in [5, 5.41) is 6.60. The van der Waals surface area contributed by atoms with Crippen LogP contribution in [0, 0.1) is 13.8 Å². The monoisotopic (exact) mass is 346 g/mol. The van der Waals surface area contributed by atoms with Crippen LogP contribution in [0.4, 0.5) is 17.3 Å². The Bertz CT molecular complexity index is 660. The van der Waals surface area contributed by atoms with E-state index in [1.165, 1.54) is 18.4 Å². The van der Waals surface area contributed by atoms with Gasteiger partial charge >= 0.3 is 0 Å². The third-order valence-corrected chi connectivity index (χ3v) is 4.11. The van der Waals surface area contributed by atoms with E-state index < -0.39 is 0 Å². The minimum atomic E-state index is 0.530. The molecule has 0 atom stereocenters. The van der Waals surface area contributed by atoms with Crippen LogP contribution in [0.3, 0.4) is 0 Å². The van der Waals surface area contributed by atoms with Gasteiger partial charge in [-0.1, -0.05) is 15.9 Å². The minimum Gasteiger partial charge on any atom is -0.373 e. The van der Waals surface area contributed by atoms with E-state index in [4.69, 9.17) is 4.98 Å². The van der Waals surface area contributed by atoms with Crippen LogP contribution in [0.2, 0.25) is 0 Å². The van der Waals surface area contributed by atoms with Crippen molar-refractivity contribution in [1.82, 2.24) is 9.97 Å². The number of halogens is 1. The van der Waals surface area contributed by atoms with Crippen molar-refractivity contribution in [2.45, 2.75) is 32.6 Å². The number of nitrogens with zero attached hydrogens (tertiary/aromatic N) is 2. The molecule has 0 unspecified atom stereocenters. The Morgan fingerprint density at radius 2 is 1.81 bits per heavy atom. The summed E-state index contributed by atoms with van der Waals surface area (Å²) in [6.07, 6.45) is 2.39. The lowest BCUT2D eigenvalue weighted by molar-refractivity contribution is 0.923. The summed E-state index contributed by atoms with van der Waals surface area (Å²) < 4.78 is 1.06. The Kier molecular flexibility index (Phi) is 3.85. The van der Waals surface area contributed by atoms with E-state index in [2.05, 4.69) is 56.7 Å². The van der Waals surface area contributed by atoms with Gasteiger partial charge in [0.25, 0.3) is 0 Å². The normalized spacial score (nSPS) is 14.1. The van der Waals surface area contributed by atoms with Crippen LogP contribution >= 0.6 is 15.9 Å². The molecule has 4 nitrogen and oxygen atoms in total. The summed E-state index contributed by atoms with van der Waals surface area (Å²) >= 11 is 3.54. The third kappa shape index (κ3) is 3.18. The first kappa shape index (κ1) is 14.3. The highest BCUT2D eigenvalue weighted by atomic mass is 79.9. The first-order valence-electron chi connectivity index (χ1n) is 7.17. The number of aromatic nitrogens is 2. The second kappa shape index (κ2) is 5.64. The molecule has 1 fully saturated rings. The average molecular weight is 347 g/mol. The van der Waals surface area contributed by atoms with E-state index in [9.17, 15) is 0 Å². The fourth-order valence-corrected chi connectivity index (χ4v) is 2.98. The van der Waals surface area contributed by atoms with Crippen LogP contribution in [0.25, 0.3) is 0 Å². The molecule has 1 aromatic carbocycles. The fourth-order valence-electron chi connectivity index (χ4n) is 2.37. The Labute approximate surface area is 133 Å². The summed E-state index contributed by atoms with van der Waals surface area (Å²) in [5.74, 6) is 3.26. The van der Waals surface area contributed by atoms with Gasteiger partial charge in [-0.25, -0.2) is 9.97 Å². The zero-order valence-corrected chi connectivity index (χ0v) is 14.1. The summed E-state index contributed by atoms with van der Waals surface area (Å²) in [6, 6.07) is 6.26. The molecule has 21 heavy (non-hydrogen) atoms. The summed E-state index contributed by atoms with van der Waals surface area (Å²) in [5.41, 5.74) is 3.28. The maximum absolute atomic E-state index is 4.72. The maximum Gasteiger partial charge on any atom is 0.139 e. The van der Waals surface area contributed by atoms with Crippen LogP contribution in [0.5, 0.6) is 0 Å². The number of rotatable bonds is 4. The highest BCUT2D eigenvalue weighted by molar-refractivity contribution is 9.10. The summed E-state index contributed by atoms with van der Waals surface area (Å²) in [7, 11) is 1.90. The predicted molar refractivity (Wildman–Crippen MR) is 90.5 cm³/mol. The number of benzene rings is 1. The Hall–Kier alpha value is -1.62. The quantitative estimate of drug-likeness (QED) is 0.854. The van der Waals surface area contributed by atoms with Crippen molar-refractivity contribution >= 4 is 33.3 Å². The van der Waals surface area contributed by atoms with Crippen molar-refractivity contribution in [2.24, 2.45) is 0 Å². The molecule has 3 rings (SSSR count). The Morgan fingerprint density at radius 3 is 2.43 bits per heavy atom. The van der Waals surface area contributed by atoms with Gasteiger partial charge in [-0.2, -0.15) is 0 Å². The van der Waals surface area contributed by atoms with Gasteiger partial charge < -0.3 is 10.6 Å². The van der Waals surface area contributed by atoms with Gasteiger partial charge in [-0.15, -0.1) is 0 Å². The largest absolute Gasteiger partial charge is 0.373 e. The van der Waals surface area contributed by atoms with Crippen molar-refractivity contribution in [2.75, 3.05) is 17.7 Å². The number of anilines is 3. The fraction of sp³-hybridized carbons (Fsp3) is 0.375. The lowest BCUT2D eigenvalue weighted by Crippen LogP contribution is -2.06. The minimum absolute atomic E-state index is 0.530. The first-order chi connectivity index (χ1) is 10.1. The highest BCUT2D eigenvalue weighted by Crippen LogP contribution is 2.39. The molecule has 1 aliphatic carbocycles. The zero-order valence-electron chi connectivity index (χ0n) is 12.5. The molecular formula is C16H19BrN4. The molecule has 2 aromatic rings. The molecule has 0 radical (unpaired) electrons. The van der Waals surface area contributed by atoms with Crippen LogP contribution < -0.4 is 10.6 Å². The molecule has 1 saturated carbocycles. The van der Waals surface area contributed by atoms with E-state index >= 15 is 0 Å². The smallest absolute Gasteiger partial charge is 0.139 e. The van der Waals surface area contributed by atoms with Gasteiger partial charge in [-0.3, -0.25) is 0 Å². The third-order valence-electron chi connectivity index (χ3n) is 3.65. The molecule has 1 aliphatic rings. The van der Waals surface area contributed by atoms with Gasteiger partial charge in [0.05, 0.1) is 0 Å². The molecule has 110 valence electrons. The highest BCUT2D eigenvalue weighted by Gasteiger charge is 2.28. The van der Waals surface area contributed by atoms with Crippen LogP contribution in [0.15, 0.2) is 22.7 Å². The summed E-state index contributed by atoms with van der Waals surface area (Å²) in [4.78, 5) is 9.34. The molecule has 0 spiro atoms. The molecule has 0 aliphatic heterocycles. The molecule has 0 amide bonds. The van der Waals surface area contributed by atoms with Gasteiger partial charge in [0, 0.05) is 28.7 Å². The molecule has 0 bridgehead atoms. The average Bonchev–Trinajstić information content (AvgIpc) is 3.24. The lowest BCUT2D eigenvalue weighted by Gasteiger charge is -2.14. The molecule has 1 heterocycles. The molecule has 5 heteroatoms. The van der Waals surface area contributed by atoms with Gasteiger partial charge in [-0.05, 0) is 50.5 Å². The number of aryl methyl sites for hydroxylation is 1. The molecule has 0 saturated heterocycles. The predicted octanol–water partition coefficient (Wildman–Crippen LogP) is 4.52. The number of hydrogen-bond acceptors (Lipinski definition) is 4. The van der Waals surface area contributed by atoms with Gasteiger partial charge in [0.2, 0.25) is 0 Å². The second-order valence-electron chi connectivity index (χ2n) is 5.57. The van der Waals surface area contributed by atoms with E-state index in [1.54, 1.807) is 0 Å². The standard InChI is InChI=1S/C16H19BrN4/c1-9-6-12(17)8-13(7-9)19-15-10(2)14(18-3)20-16(21-15)11-4-5-11/h6-8,11H,4-5H2,1-3H3,(H2,18,19,20,21). The van der Waals surface area contributed by atoms with Crippen molar-refractivity contribution < 1.29 is 0 Å². The van der Waals surface area contributed by atoms with Crippen molar-refractivity contribution in [3.8, 4) is 0 Å². The van der Waals surface area contributed by atoms with Crippen molar-refractivity contribution in [1.29, 1.82) is 0 Å². The summed E-state index contributed by atoms with van der Waals surface area (Å²) in [6.45, 7) is 4.12. The van der Waals surface area contributed by atoms with E-state index in [1.807, 2.05) is 14.0 Å². The second-order valence-corrected chi connectivity index (χ2v) is 6.49. The van der Waals surface area contributed by atoms with Gasteiger partial charge in [0.15, 0.2) is 0 Å². The molecule has 2 N–H and O–H groups in total. The lowest BCUT2D eigenvalue weighted by atomic mass is 10.2. The van der Waals surface area contributed by atoms with E-state index in [0.717, 1.165) is 33.2 Å². The Morgan fingerprint density at radius 1 is 1.10 bits per heavy atom. The number of nitrogens with one attached hydrogen (secondary N) is 2.